The van der Waals surface area contributed by atoms with Crippen LogP contribution in [0.4, 0.5) is 4.39 Å². The molecule has 0 aliphatic rings. The standard InChI is InChI=1S/C13H14FN3O/c1-17-7-6-15-12(17)8-13(18)16-9-10-2-4-11(14)5-3-10/h2-7H,8-9H2,1H3,(H,16,18). The number of halogens is 1. The zero-order valence-electron chi connectivity index (χ0n) is 10.1. The Morgan fingerprint density at radius 2 is 2.11 bits per heavy atom. The molecule has 0 saturated heterocycles. The first-order chi connectivity index (χ1) is 8.65. The Bertz CT molecular complexity index is 533. The molecule has 0 bridgehead atoms. The molecule has 0 unspecified atom stereocenters. The van der Waals surface area contributed by atoms with Crippen molar-refractivity contribution in [3.8, 4) is 0 Å². The summed E-state index contributed by atoms with van der Waals surface area (Å²) >= 11 is 0. The van der Waals surface area contributed by atoms with Gasteiger partial charge in [0.1, 0.15) is 11.6 Å². The second kappa shape index (κ2) is 5.44. The van der Waals surface area contributed by atoms with E-state index in [4.69, 9.17) is 0 Å². The lowest BCUT2D eigenvalue weighted by Crippen LogP contribution is -2.25. The molecule has 0 radical (unpaired) electrons. The molecule has 2 rings (SSSR count). The van der Waals surface area contributed by atoms with Crippen LogP contribution in [0.3, 0.4) is 0 Å². The van der Waals surface area contributed by atoms with Crippen LogP contribution in [0.5, 0.6) is 0 Å². The van der Waals surface area contributed by atoms with Gasteiger partial charge in [-0.3, -0.25) is 4.79 Å². The van der Waals surface area contributed by atoms with Crippen LogP contribution in [-0.2, 0) is 24.8 Å². The summed E-state index contributed by atoms with van der Waals surface area (Å²) in [5.41, 5.74) is 0.865. The number of hydrogen-bond acceptors (Lipinski definition) is 2. The van der Waals surface area contributed by atoms with Gasteiger partial charge in [-0.2, -0.15) is 0 Å². The van der Waals surface area contributed by atoms with Crippen molar-refractivity contribution in [1.82, 2.24) is 14.9 Å². The van der Waals surface area contributed by atoms with Crippen molar-refractivity contribution in [3.05, 3.63) is 53.9 Å². The Morgan fingerprint density at radius 1 is 1.39 bits per heavy atom. The Hall–Kier alpha value is -2.17. The molecule has 1 heterocycles. The molecule has 5 heteroatoms. The van der Waals surface area contributed by atoms with Gasteiger partial charge in [0, 0.05) is 26.0 Å². The lowest BCUT2D eigenvalue weighted by molar-refractivity contribution is -0.120. The number of amides is 1. The third-order valence-corrected chi connectivity index (χ3v) is 2.64. The van der Waals surface area contributed by atoms with E-state index in [0.717, 1.165) is 5.56 Å². The van der Waals surface area contributed by atoms with E-state index in [1.54, 1.807) is 29.1 Å². The van der Waals surface area contributed by atoms with Gasteiger partial charge in [-0.25, -0.2) is 9.37 Å². The third-order valence-electron chi connectivity index (χ3n) is 2.64. The normalized spacial score (nSPS) is 10.3. The fourth-order valence-electron chi connectivity index (χ4n) is 1.58. The average molecular weight is 247 g/mol. The molecular weight excluding hydrogens is 233 g/mol. The van der Waals surface area contributed by atoms with Gasteiger partial charge in [-0.05, 0) is 17.7 Å². The van der Waals surface area contributed by atoms with E-state index in [1.165, 1.54) is 12.1 Å². The summed E-state index contributed by atoms with van der Waals surface area (Å²) < 4.78 is 14.5. The van der Waals surface area contributed by atoms with E-state index in [0.29, 0.717) is 12.4 Å². The average Bonchev–Trinajstić information content (AvgIpc) is 2.74. The van der Waals surface area contributed by atoms with Crippen molar-refractivity contribution in [1.29, 1.82) is 0 Å². The van der Waals surface area contributed by atoms with E-state index < -0.39 is 0 Å². The maximum atomic E-state index is 12.7. The van der Waals surface area contributed by atoms with Crippen LogP contribution in [0.25, 0.3) is 0 Å². The highest BCUT2D eigenvalue weighted by Crippen LogP contribution is 2.02. The number of nitrogens with zero attached hydrogens (tertiary/aromatic N) is 2. The van der Waals surface area contributed by atoms with Crippen molar-refractivity contribution in [2.24, 2.45) is 7.05 Å². The minimum absolute atomic E-state index is 0.103. The van der Waals surface area contributed by atoms with Crippen molar-refractivity contribution in [3.63, 3.8) is 0 Å². The van der Waals surface area contributed by atoms with E-state index in [-0.39, 0.29) is 18.1 Å². The van der Waals surface area contributed by atoms with Crippen LogP contribution in [0, 0.1) is 5.82 Å². The zero-order valence-corrected chi connectivity index (χ0v) is 10.1. The molecule has 0 fully saturated rings. The fraction of sp³-hybridized carbons (Fsp3) is 0.231. The van der Waals surface area contributed by atoms with Gasteiger partial charge < -0.3 is 9.88 Å². The maximum absolute atomic E-state index is 12.7. The van der Waals surface area contributed by atoms with Crippen LogP contribution in [0.2, 0.25) is 0 Å². The molecule has 4 nitrogen and oxygen atoms in total. The number of carbonyl (C=O) groups excluding carboxylic acids is 1. The lowest BCUT2D eigenvalue weighted by Gasteiger charge is -2.05. The fourth-order valence-corrected chi connectivity index (χ4v) is 1.58. The highest BCUT2D eigenvalue weighted by molar-refractivity contribution is 5.77. The van der Waals surface area contributed by atoms with Gasteiger partial charge in [0.2, 0.25) is 5.91 Å². The number of aromatic nitrogens is 2. The van der Waals surface area contributed by atoms with E-state index >= 15 is 0 Å². The van der Waals surface area contributed by atoms with Crippen molar-refractivity contribution < 1.29 is 9.18 Å². The summed E-state index contributed by atoms with van der Waals surface area (Å²) in [5.74, 6) is 0.332. The summed E-state index contributed by atoms with van der Waals surface area (Å²) in [4.78, 5) is 15.7. The Kier molecular flexibility index (Phi) is 3.72. The summed E-state index contributed by atoms with van der Waals surface area (Å²) in [6.07, 6.45) is 3.69. The Morgan fingerprint density at radius 3 is 2.72 bits per heavy atom. The highest BCUT2D eigenvalue weighted by atomic mass is 19.1. The summed E-state index contributed by atoms with van der Waals surface area (Å²) in [5, 5.41) is 2.77. The zero-order chi connectivity index (χ0) is 13.0. The van der Waals surface area contributed by atoms with Gasteiger partial charge >= 0.3 is 0 Å². The number of benzene rings is 1. The van der Waals surface area contributed by atoms with Crippen molar-refractivity contribution in [2.75, 3.05) is 0 Å². The largest absolute Gasteiger partial charge is 0.352 e. The Balaban J connectivity index is 1.85. The monoisotopic (exact) mass is 247 g/mol. The lowest BCUT2D eigenvalue weighted by atomic mass is 10.2. The molecule has 0 aliphatic carbocycles. The van der Waals surface area contributed by atoms with E-state index in [9.17, 15) is 9.18 Å². The summed E-state index contributed by atoms with van der Waals surface area (Å²) in [6, 6.07) is 6.05. The Labute approximate surface area is 104 Å². The number of carbonyl (C=O) groups is 1. The molecule has 0 aliphatic heterocycles. The minimum Gasteiger partial charge on any atom is -0.352 e. The predicted molar refractivity (Wildman–Crippen MR) is 65.2 cm³/mol. The first kappa shape index (κ1) is 12.3. The predicted octanol–water partition coefficient (Wildman–Crippen LogP) is 1.42. The van der Waals surface area contributed by atoms with Crippen molar-refractivity contribution >= 4 is 5.91 Å². The van der Waals surface area contributed by atoms with Crippen LogP contribution in [0.15, 0.2) is 36.7 Å². The summed E-state index contributed by atoms with van der Waals surface area (Å²) in [7, 11) is 1.84. The van der Waals surface area contributed by atoms with Crippen LogP contribution >= 0.6 is 0 Å². The smallest absolute Gasteiger partial charge is 0.227 e. The highest BCUT2D eigenvalue weighted by Gasteiger charge is 2.06. The topological polar surface area (TPSA) is 46.9 Å². The molecule has 1 aromatic heterocycles. The number of hydrogen-bond donors (Lipinski definition) is 1. The molecule has 1 N–H and O–H groups in total. The van der Waals surface area contributed by atoms with Gasteiger partial charge in [0.15, 0.2) is 0 Å². The molecule has 94 valence electrons. The van der Waals surface area contributed by atoms with Crippen LogP contribution < -0.4 is 5.32 Å². The second-order valence-electron chi connectivity index (χ2n) is 4.03. The van der Waals surface area contributed by atoms with Crippen LogP contribution in [-0.4, -0.2) is 15.5 Å². The van der Waals surface area contributed by atoms with Gasteiger partial charge in [0.05, 0.1) is 6.42 Å². The number of nitrogens with one attached hydrogen (secondary N) is 1. The molecular formula is C13H14FN3O. The minimum atomic E-state index is -0.280. The third kappa shape index (κ3) is 3.16. The van der Waals surface area contributed by atoms with E-state index in [2.05, 4.69) is 10.3 Å². The number of aryl methyl sites for hydroxylation is 1. The van der Waals surface area contributed by atoms with E-state index in [1.807, 2.05) is 7.05 Å². The molecule has 1 amide bonds. The molecule has 18 heavy (non-hydrogen) atoms. The molecule has 0 atom stereocenters. The molecule has 0 saturated carbocycles. The maximum Gasteiger partial charge on any atom is 0.227 e. The van der Waals surface area contributed by atoms with Crippen LogP contribution in [0.1, 0.15) is 11.4 Å². The van der Waals surface area contributed by atoms with Gasteiger partial charge in [-0.1, -0.05) is 12.1 Å². The molecule has 0 spiro atoms. The van der Waals surface area contributed by atoms with Gasteiger partial charge in [-0.15, -0.1) is 0 Å². The first-order valence-electron chi connectivity index (χ1n) is 5.62. The van der Waals surface area contributed by atoms with Crippen molar-refractivity contribution in [2.45, 2.75) is 13.0 Å². The second-order valence-corrected chi connectivity index (χ2v) is 4.03. The first-order valence-corrected chi connectivity index (χ1v) is 5.62. The summed E-state index contributed by atoms with van der Waals surface area (Å²) in [6.45, 7) is 0.392. The number of rotatable bonds is 4. The SMILES string of the molecule is Cn1ccnc1CC(=O)NCc1ccc(F)cc1. The molecule has 1 aromatic carbocycles. The number of imidazole rings is 1. The quantitative estimate of drug-likeness (QED) is 0.888. The molecule has 2 aromatic rings. The van der Waals surface area contributed by atoms with Gasteiger partial charge in [0.25, 0.3) is 0 Å².